The maximum atomic E-state index is 6.23. The molecule has 0 aliphatic heterocycles. The fourth-order valence-electron chi connectivity index (χ4n) is 4.19. The quantitative estimate of drug-likeness (QED) is 0.203. The summed E-state index contributed by atoms with van der Waals surface area (Å²) in [4.78, 5) is 0. The number of fused-ring (bicyclic) bond motifs is 1. The minimum atomic E-state index is 0.729. The van der Waals surface area contributed by atoms with Crippen molar-refractivity contribution in [3.8, 4) is 17.2 Å². The minimum Gasteiger partial charge on any atom is -0.493 e. The zero-order chi connectivity index (χ0) is 22.9. The number of hydrogen-bond acceptors (Lipinski definition) is 3. The van der Waals surface area contributed by atoms with E-state index in [0.29, 0.717) is 0 Å². The first-order valence-corrected chi connectivity index (χ1v) is 13.2. The standard InChI is InChI=1S/C29H46O3/c1-4-6-8-10-12-14-16-23-31-27-20-18-19-26-25(27)21-22-28(30-3)29(26)32-24-17-15-13-11-9-7-5-2/h18-22H,4-17,23-24H2,1-3H3. The summed E-state index contributed by atoms with van der Waals surface area (Å²) in [6, 6.07) is 10.3. The lowest BCUT2D eigenvalue weighted by atomic mass is 10.1. The van der Waals surface area contributed by atoms with Crippen LogP contribution >= 0.6 is 0 Å². The predicted octanol–water partition coefficient (Wildman–Crippen LogP) is 9.11. The average molecular weight is 443 g/mol. The van der Waals surface area contributed by atoms with Crippen molar-refractivity contribution in [3.05, 3.63) is 30.3 Å². The molecule has 0 spiro atoms. The fraction of sp³-hybridized carbons (Fsp3) is 0.655. The molecule has 3 heteroatoms. The third-order valence-corrected chi connectivity index (χ3v) is 6.16. The molecule has 2 rings (SSSR count). The number of benzene rings is 2. The molecule has 0 amide bonds. The fourth-order valence-corrected chi connectivity index (χ4v) is 4.19. The Hall–Kier alpha value is -1.90. The molecule has 0 saturated heterocycles. The average Bonchev–Trinajstić information content (AvgIpc) is 2.82. The Morgan fingerprint density at radius 2 is 1.09 bits per heavy atom. The van der Waals surface area contributed by atoms with Crippen molar-refractivity contribution in [1.82, 2.24) is 0 Å². The van der Waals surface area contributed by atoms with Gasteiger partial charge in [-0.15, -0.1) is 0 Å². The summed E-state index contributed by atoms with van der Waals surface area (Å²) in [5.41, 5.74) is 0. The minimum absolute atomic E-state index is 0.729. The highest BCUT2D eigenvalue weighted by Gasteiger charge is 2.13. The van der Waals surface area contributed by atoms with E-state index >= 15 is 0 Å². The molecule has 0 aliphatic carbocycles. The van der Waals surface area contributed by atoms with Gasteiger partial charge in [0.2, 0.25) is 0 Å². The maximum Gasteiger partial charge on any atom is 0.169 e. The highest BCUT2D eigenvalue weighted by atomic mass is 16.5. The summed E-state index contributed by atoms with van der Waals surface area (Å²) in [5.74, 6) is 2.58. The molecule has 2 aromatic rings. The van der Waals surface area contributed by atoms with Crippen molar-refractivity contribution >= 4 is 10.8 Å². The third-order valence-electron chi connectivity index (χ3n) is 6.16. The van der Waals surface area contributed by atoms with E-state index in [2.05, 4.69) is 38.1 Å². The van der Waals surface area contributed by atoms with E-state index < -0.39 is 0 Å². The van der Waals surface area contributed by atoms with Gasteiger partial charge in [0.25, 0.3) is 0 Å². The summed E-state index contributed by atoms with van der Waals surface area (Å²) < 4.78 is 18.0. The molecule has 0 fully saturated rings. The van der Waals surface area contributed by atoms with Crippen LogP contribution in [-0.4, -0.2) is 20.3 Å². The van der Waals surface area contributed by atoms with E-state index in [4.69, 9.17) is 14.2 Å². The summed E-state index contributed by atoms with van der Waals surface area (Å²) in [7, 11) is 1.71. The van der Waals surface area contributed by atoms with Gasteiger partial charge >= 0.3 is 0 Å². The normalized spacial score (nSPS) is 11.1. The van der Waals surface area contributed by atoms with E-state index in [1.54, 1.807) is 7.11 Å². The van der Waals surface area contributed by atoms with Gasteiger partial charge < -0.3 is 14.2 Å². The van der Waals surface area contributed by atoms with E-state index in [0.717, 1.165) is 54.1 Å². The first-order valence-electron chi connectivity index (χ1n) is 13.2. The highest BCUT2D eigenvalue weighted by Crippen LogP contribution is 2.39. The summed E-state index contributed by atoms with van der Waals surface area (Å²) in [6.45, 7) is 6.02. The van der Waals surface area contributed by atoms with Crippen LogP contribution in [0.2, 0.25) is 0 Å². The summed E-state index contributed by atoms with van der Waals surface area (Å²) in [6.07, 6.45) is 18.0. The molecule has 3 nitrogen and oxygen atoms in total. The van der Waals surface area contributed by atoms with E-state index in [-0.39, 0.29) is 0 Å². The molecule has 0 unspecified atom stereocenters. The number of methoxy groups -OCH3 is 1. The Labute approximate surface area is 196 Å². The smallest absolute Gasteiger partial charge is 0.169 e. The van der Waals surface area contributed by atoms with Crippen LogP contribution < -0.4 is 14.2 Å². The van der Waals surface area contributed by atoms with Gasteiger partial charge in [-0.25, -0.2) is 0 Å². The van der Waals surface area contributed by atoms with Crippen LogP contribution in [0.25, 0.3) is 10.8 Å². The van der Waals surface area contributed by atoms with Crippen molar-refractivity contribution in [2.24, 2.45) is 0 Å². The van der Waals surface area contributed by atoms with Crippen molar-refractivity contribution in [1.29, 1.82) is 0 Å². The Morgan fingerprint density at radius 3 is 1.69 bits per heavy atom. The largest absolute Gasteiger partial charge is 0.493 e. The lowest BCUT2D eigenvalue weighted by Gasteiger charge is -2.16. The van der Waals surface area contributed by atoms with Crippen LogP contribution in [-0.2, 0) is 0 Å². The Morgan fingerprint density at radius 1 is 0.531 bits per heavy atom. The number of hydrogen-bond donors (Lipinski definition) is 0. The van der Waals surface area contributed by atoms with Gasteiger partial charge in [-0.3, -0.25) is 0 Å². The maximum absolute atomic E-state index is 6.23. The molecule has 0 N–H and O–H groups in total. The molecule has 0 atom stereocenters. The van der Waals surface area contributed by atoms with Crippen LogP contribution in [0.1, 0.15) is 104 Å². The number of unbranched alkanes of at least 4 members (excludes halogenated alkanes) is 12. The predicted molar refractivity (Wildman–Crippen MR) is 137 cm³/mol. The van der Waals surface area contributed by atoms with Gasteiger partial charge in [0.15, 0.2) is 11.5 Å². The lowest BCUT2D eigenvalue weighted by molar-refractivity contribution is 0.287. The summed E-state index contributed by atoms with van der Waals surface area (Å²) in [5, 5.41) is 2.18. The van der Waals surface area contributed by atoms with Gasteiger partial charge in [0, 0.05) is 10.8 Å². The molecule has 32 heavy (non-hydrogen) atoms. The second-order valence-corrected chi connectivity index (χ2v) is 8.89. The molecule has 180 valence electrons. The molecule has 0 aromatic heterocycles. The van der Waals surface area contributed by atoms with Gasteiger partial charge in [-0.2, -0.15) is 0 Å². The molecular formula is C29H46O3. The second-order valence-electron chi connectivity index (χ2n) is 8.89. The number of rotatable bonds is 19. The van der Waals surface area contributed by atoms with Crippen LogP contribution in [0.15, 0.2) is 30.3 Å². The van der Waals surface area contributed by atoms with Crippen molar-refractivity contribution in [2.75, 3.05) is 20.3 Å². The molecule has 0 radical (unpaired) electrons. The second kappa shape index (κ2) is 16.7. The zero-order valence-corrected chi connectivity index (χ0v) is 20.9. The topological polar surface area (TPSA) is 27.7 Å². The van der Waals surface area contributed by atoms with Crippen molar-refractivity contribution in [2.45, 2.75) is 104 Å². The first-order chi connectivity index (χ1) is 15.8. The Kier molecular flexibility index (Phi) is 13.7. The van der Waals surface area contributed by atoms with E-state index in [1.807, 2.05) is 6.07 Å². The van der Waals surface area contributed by atoms with Gasteiger partial charge in [0.1, 0.15) is 5.75 Å². The monoisotopic (exact) mass is 442 g/mol. The summed E-state index contributed by atoms with van der Waals surface area (Å²) >= 11 is 0. The molecule has 0 heterocycles. The van der Waals surface area contributed by atoms with Gasteiger partial charge in [-0.05, 0) is 31.0 Å². The first kappa shape index (κ1) is 26.4. The highest BCUT2D eigenvalue weighted by molar-refractivity contribution is 5.95. The molecule has 2 aromatic carbocycles. The molecule has 0 bridgehead atoms. The van der Waals surface area contributed by atoms with Crippen molar-refractivity contribution in [3.63, 3.8) is 0 Å². The van der Waals surface area contributed by atoms with E-state index in [1.165, 1.54) is 77.0 Å². The zero-order valence-electron chi connectivity index (χ0n) is 20.9. The SMILES string of the molecule is CCCCCCCCCOc1cccc2c(OCCCCCCCCC)c(OC)ccc12. The third kappa shape index (κ3) is 9.30. The molecule has 0 aliphatic rings. The molecule has 0 saturated carbocycles. The van der Waals surface area contributed by atoms with Crippen LogP contribution in [0, 0.1) is 0 Å². The lowest BCUT2D eigenvalue weighted by Crippen LogP contribution is -2.01. The molecular weight excluding hydrogens is 396 g/mol. The van der Waals surface area contributed by atoms with Gasteiger partial charge in [-0.1, -0.05) is 103 Å². The van der Waals surface area contributed by atoms with Gasteiger partial charge in [0.05, 0.1) is 20.3 Å². The van der Waals surface area contributed by atoms with Crippen LogP contribution in [0.5, 0.6) is 17.2 Å². The van der Waals surface area contributed by atoms with Crippen molar-refractivity contribution < 1.29 is 14.2 Å². The van der Waals surface area contributed by atoms with E-state index in [9.17, 15) is 0 Å². The number of ether oxygens (including phenoxy) is 3. The Balaban J connectivity index is 1.87. The Bertz CT molecular complexity index is 741. The van der Waals surface area contributed by atoms with Crippen LogP contribution in [0.3, 0.4) is 0 Å². The van der Waals surface area contributed by atoms with Crippen LogP contribution in [0.4, 0.5) is 0 Å².